The highest BCUT2D eigenvalue weighted by Gasteiger charge is 2.55. The lowest BCUT2D eigenvalue weighted by molar-refractivity contribution is -0.298. The Bertz CT molecular complexity index is 2360. The first-order valence-electron chi connectivity index (χ1n) is 39.8. The van der Waals surface area contributed by atoms with Crippen LogP contribution in [0.5, 0.6) is 0 Å². The highest BCUT2D eigenvalue weighted by molar-refractivity contribution is 7.47. The molecule has 3 saturated heterocycles. The summed E-state index contributed by atoms with van der Waals surface area (Å²) in [5.41, 5.74) is 5.84. The molecule has 0 saturated carbocycles. The van der Waals surface area contributed by atoms with Gasteiger partial charge in [0.25, 0.3) is 0 Å². The number of amides is 2. The number of phosphoric acid groups is 2. The third-order valence-electron chi connectivity index (χ3n) is 19.6. The van der Waals surface area contributed by atoms with Crippen molar-refractivity contribution in [3.63, 3.8) is 0 Å². The average molecular weight is 1540 g/mol. The Kier molecular flexibility index (Phi) is 51.5. The van der Waals surface area contributed by atoms with E-state index in [1.165, 1.54) is 0 Å². The van der Waals surface area contributed by atoms with Crippen molar-refractivity contribution in [1.29, 1.82) is 0 Å². The molecule has 612 valence electrons. The van der Waals surface area contributed by atoms with Crippen LogP contribution in [0.2, 0.25) is 0 Å². The van der Waals surface area contributed by atoms with Gasteiger partial charge < -0.3 is 100 Å². The van der Waals surface area contributed by atoms with Crippen molar-refractivity contribution in [2.75, 3.05) is 19.8 Å². The number of esters is 2. The zero-order valence-electron chi connectivity index (χ0n) is 63.1. The molecule has 0 aromatic heterocycles. The summed E-state index contributed by atoms with van der Waals surface area (Å²) in [6.07, 6.45) is 6.13. The minimum Gasteiger partial charge on any atom is -0.457 e. The zero-order valence-corrected chi connectivity index (χ0v) is 64.9. The molecule has 0 aromatic rings. The second kappa shape index (κ2) is 55.9. The van der Waals surface area contributed by atoms with Gasteiger partial charge in [-0.25, -0.2) is 9.13 Å². The van der Waals surface area contributed by atoms with Crippen LogP contribution in [0.3, 0.4) is 0 Å². The van der Waals surface area contributed by atoms with Gasteiger partial charge in [-0.15, -0.1) is 0 Å². The van der Waals surface area contributed by atoms with Gasteiger partial charge >= 0.3 is 27.6 Å². The maximum absolute atomic E-state index is 14.2. The normalized spacial score (nSPS) is 26.3. The Labute approximate surface area is 619 Å². The Hall–Kier alpha value is -2.42. The van der Waals surface area contributed by atoms with Crippen LogP contribution < -0.4 is 16.4 Å². The molecule has 0 aliphatic carbocycles. The maximum Gasteiger partial charge on any atom is 0.477 e. The molecular weight excluding hydrogens is 1400 g/mol. The van der Waals surface area contributed by atoms with Crippen molar-refractivity contribution in [2.45, 2.75) is 420 Å². The molecule has 3 aliphatic rings. The molecule has 1 unspecified atom stereocenters. The molecular formula is C73H139N3O26P2. The van der Waals surface area contributed by atoms with Crippen molar-refractivity contribution in [3.8, 4) is 0 Å². The van der Waals surface area contributed by atoms with Gasteiger partial charge in [0.15, 0.2) is 31.1 Å². The second-order valence-corrected chi connectivity index (χ2v) is 31.7. The number of hydrogen-bond acceptors (Lipinski definition) is 24. The minimum atomic E-state index is -5.73. The van der Waals surface area contributed by atoms with Gasteiger partial charge in [-0.3, -0.25) is 32.7 Å². The summed E-state index contributed by atoms with van der Waals surface area (Å²) >= 11 is 0. The SMILES string of the molecule is CCCCCCCCCCC[C@@H](O)CC(=O)N[C@H]1[C@H](OC[C@H]2O[C@H](OP(=O)(O)O[C@H]3OC[C@H](N)[C@H](O)[C@H]3O)[C@H](NC(=O)C[C@H](O)CCCCCCCCCCC)[C@@H](OC(=O)C[C@H](O)CCCCCCCCCCC)[C@@H]2O)O[C@H](CO)[C@@H](OP(=O)(O)O)[C@@H]1OC(=O)C[C@H](O)CCCCCCCCCCC. The van der Waals surface area contributed by atoms with E-state index in [2.05, 4.69) is 38.3 Å². The van der Waals surface area contributed by atoms with E-state index in [4.69, 9.17) is 47.7 Å². The zero-order chi connectivity index (χ0) is 76.7. The molecule has 104 heavy (non-hydrogen) atoms. The van der Waals surface area contributed by atoms with E-state index in [1.54, 1.807) is 0 Å². The Balaban J connectivity index is 2.10. The van der Waals surface area contributed by atoms with Crippen LogP contribution in [-0.2, 0) is 70.3 Å². The first-order valence-corrected chi connectivity index (χ1v) is 42.9. The van der Waals surface area contributed by atoms with Crippen LogP contribution in [-0.4, -0.2) is 209 Å². The van der Waals surface area contributed by atoms with Gasteiger partial charge in [-0.05, 0) is 25.7 Å². The number of nitrogens with two attached hydrogens (primary N) is 1. The third kappa shape index (κ3) is 41.6. The molecule has 0 bridgehead atoms. The summed E-state index contributed by atoms with van der Waals surface area (Å²) in [6.45, 7) is 5.94. The van der Waals surface area contributed by atoms with Crippen molar-refractivity contribution in [3.05, 3.63) is 0 Å². The number of aliphatic hydroxyl groups excluding tert-OH is 8. The van der Waals surface area contributed by atoms with Crippen molar-refractivity contribution in [1.82, 2.24) is 10.6 Å². The monoisotopic (exact) mass is 1540 g/mol. The molecule has 0 aromatic carbocycles. The second-order valence-electron chi connectivity index (χ2n) is 29.2. The molecule has 3 aliphatic heterocycles. The van der Waals surface area contributed by atoms with Gasteiger partial charge in [0.1, 0.15) is 48.7 Å². The molecule has 31 heteroatoms. The summed E-state index contributed by atoms with van der Waals surface area (Å²) in [7, 11) is -11.3. The number of ether oxygens (including phenoxy) is 6. The van der Waals surface area contributed by atoms with E-state index >= 15 is 0 Å². The van der Waals surface area contributed by atoms with Gasteiger partial charge in [0.2, 0.25) is 11.8 Å². The fraction of sp³-hybridized carbons (Fsp3) is 0.945. The predicted molar refractivity (Wildman–Crippen MR) is 389 cm³/mol. The molecule has 15 N–H and O–H groups in total. The van der Waals surface area contributed by atoms with Crippen molar-refractivity contribution >= 4 is 39.4 Å². The molecule has 19 atom stereocenters. The molecule has 3 heterocycles. The van der Waals surface area contributed by atoms with E-state index in [0.717, 1.165) is 205 Å². The van der Waals surface area contributed by atoms with E-state index in [0.29, 0.717) is 25.7 Å². The molecule has 3 fully saturated rings. The number of phosphoric ester groups is 2. The number of rotatable bonds is 62. The number of carbonyl (C=O) groups excluding carboxylic acids is 4. The Morgan fingerprint density at radius 2 is 0.769 bits per heavy atom. The molecule has 29 nitrogen and oxygen atoms in total. The quantitative estimate of drug-likeness (QED) is 0.0153. The topological polar surface area (TPSA) is 458 Å². The Morgan fingerprint density at radius 3 is 1.14 bits per heavy atom. The average Bonchev–Trinajstić information content (AvgIpc) is 0.781. The molecule has 0 radical (unpaired) electrons. The fourth-order valence-corrected chi connectivity index (χ4v) is 15.0. The number of nitrogens with one attached hydrogen (secondary N) is 2. The van der Waals surface area contributed by atoms with Crippen LogP contribution in [0.4, 0.5) is 0 Å². The van der Waals surface area contributed by atoms with Crippen LogP contribution in [0.15, 0.2) is 0 Å². The number of carbonyl (C=O) groups is 4. The van der Waals surface area contributed by atoms with E-state index in [9.17, 15) is 83.8 Å². The number of unbranched alkanes of at least 4 members (excludes halogenated alkanes) is 32. The third-order valence-corrected chi connectivity index (χ3v) is 21.0. The number of aliphatic hydroxyl groups is 8. The highest BCUT2D eigenvalue weighted by Crippen LogP contribution is 2.49. The largest absolute Gasteiger partial charge is 0.477 e. The van der Waals surface area contributed by atoms with Crippen molar-refractivity contribution < 1.29 is 126 Å². The smallest absolute Gasteiger partial charge is 0.457 e. The summed E-state index contributed by atoms with van der Waals surface area (Å²) in [5.74, 6) is -4.16. The van der Waals surface area contributed by atoms with E-state index in [-0.39, 0.29) is 25.7 Å². The lowest BCUT2D eigenvalue weighted by Gasteiger charge is -2.47. The van der Waals surface area contributed by atoms with Crippen LogP contribution in [0.1, 0.15) is 310 Å². The number of hydrogen-bond donors (Lipinski definition) is 14. The minimum absolute atomic E-state index is 0.169. The summed E-state index contributed by atoms with van der Waals surface area (Å²) in [5, 5.41) is 94.6. The standard InChI is InChI=1S/C73H139N3O26P2/c1-5-9-13-17-21-25-29-33-37-41-52(78)45-59(82)75-63-69(98-61(84)47-54(80)43-39-35-31-27-23-19-15-11-7-3)66(87)58(97-72(63)101-104(92,93)102-73-67(88)65(86)56(74)50-94-73)51-95-71-64(76-60(83)46-53(79)42-38-34-30-26-22-18-14-10-6-2)70(68(57(49-77)96-71)100-103(89,90)91)99-62(85)48-55(81)44-40-36-32-28-24-20-16-12-8-4/h52-58,63-73,77-81,86-88H,5-51,74H2,1-4H3,(H,75,82)(H,76,83)(H,92,93)(H2,89,90,91)/t52-,53-,54-,55-,56+,57-,58-,63-,64-,65+,66-,67-,68-,69-,70-,71-,72-,73-/m1/s1. The van der Waals surface area contributed by atoms with Crippen LogP contribution in [0.25, 0.3) is 0 Å². The van der Waals surface area contributed by atoms with Gasteiger partial charge in [0.05, 0.1) is 76.0 Å². The predicted octanol–water partition coefficient (Wildman–Crippen LogP) is 9.30. The first kappa shape index (κ1) is 95.8. The maximum atomic E-state index is 14.2. The first-order chi connectivity index (χ1) is 49.8. The molecule has 3 rings (SSSR count). The lowest BCUT2D eigenvalue weighted by Crippen LogP contribution is -2.68. The summed E-state index contributed by atoms with van der Waals surface area (Å²) in [6, 6.07) is -5.06. The Morgan fingerprint density at radius 1 is 0.433 bits per heavy atom. The van der Waals surface area contributed by atoms with Gasteiger partial charge in [-0.2, -0.15) is 0 Å². The summed E-state index contributed by atoms with van der Waals surface area (Å²) < 4.78 is 78.7. The summed E-state index contributed by atoms with van der Waals surface area (Å²) in [4.78, 5) is 88.7. The fourth-order valence-electron chi connectivity index (χ4n) is 13.5. The van der Waals surface area contributed by atoms with Crippen LogP contribution >= 0.6 is 15.6 Å². The van der Waals surface area contributed by atoms with E-state index < -0.39 is 195 Å². The van der Waals surface area contributed by atoms with Crippen molar-refractivity contribution in [2.24, 2.45) is 5.73 Å². The highest BCUT2D eigenvalue weighted by atomic mass is 31.2. The lowest BCUT2D eigenvalue weighted by atomic mass is 9.95. The van der Waals surface area contributed by atoms with E-state index in [1.807, 2.05) is 0 Å². The van der Waals surface area contributed by atoms with Gasteiger partial charge in [0, 0.05) is 0 Å². The van der Waals surface area contributed by atoms with Crippen LogP contribution in [0, 0.1) is 0 Å². The molecule has 0 spiro atoms. The van der Waals surface area contributed by atoms with Gasteiger partial charge in [-0.1, -0.05) is 259 Å². The molecule has 2 amide bonds.